The molecule has 136 valence electrons. The summed E-state index contributed by atoms with van der Waals surface area (Å²) in [6.45, 7) is 4.00. The van der Waals surface area contributed by atoms with Crippen LogP contribution in [0.5, 0.6) is 0 Å². The zero-order valence-corrected chi connectivity index (χ0v) is 15.0. The van der Waals surface area contributed by atoms with E-state index in [1.165, 1.54) is 12.1 Å². The number of amides is 1. The van der Waals surface area contributed by atoms with Crippen LogP contribution in [0.25, 0.3) is 0 Å². The van der Waals surface area contributed by atoms with E-state index >= 15 is 0 Å². The summed E-state index contributed by atoms with van der Waals surface area (Å²) in [7, 11) is 1.58. The molecule has 1 heterocycles. The molecule has 2 atom stereocenters. The number of carbonyl (C=O) groups excluding carboxylic acids is 1. The third kappa shape index (κ3) is 6.02. The van der Waals surface area contributed by atoms with Crippen LogP contribution in [0.2, 0.25) is 0 Å². The van der Waals surface area contributed by atoms with Gasteiger partial charge < -0.3 is 20.1 Å². The molecule has 0 aliphatic carbocycles. The molecule has 1 aromatic rings. The van der Waals surface area contributed by atoms with Crippen molar-refractivity contribution < 1.29 is 18.7 Å². The Morgan fingerprint density at radius 1 is 1.42 bits per heavy atom. The molecule has 2 unspecified atom stereocenters. The van der Waals surface area contributed by atoms with E-state index in [4.69, 9.17) is 9.47 Å². The fraction of sp³-hybridized carbons (Fsp3) is 0.588. The zero-order chi connectivity index (χ0) is 16.7. The molecule has 1 aromatic carbocycles. The van der Waals surface area contributed by atoms with Gasteiger partial charge in [0.05, 0.1) is 19.8 Å². The summed E-state index contributed by atoms with van der Waals surface area (Å²) in [4.78, 5) is 12.4. The smallest absolute Gasteiger partial charge is 0.251 e. The van der Waals surface area contributed by atoms with Gasteiger partial charge in [0.2, 0.25) is 0 Å². The number of hydrogen-bond donors (Lipinski definition) is 2. The third-order valence-electron chi connectivity index (χ3n) is 4.08. The Labute approximate surface area is 148 Å². The lowest BCUT2D eigenvalue weighted by atomic mass is 9.99. The van der Waals surface area contributed by atoms with Gasteiger partial charge in [0.1, 0.15) is 5.82 Å². The summed E-state index contributed by atoms with van der Waals surface area (Å²) in [5, 5.41) is 6.37. The van der Waals surface area contributed by atoms with E-state index in [0.29, 0.717) is 24.3 Å². The number of piperidine rings is 1. The Morgan fingerprint density at radius 3 is 2.92 bits per heavy atom. The average molecular weight is 361 g/mol. The summed E-state index contributed by atoms with van der Waals surface area (Å²) in [6, 6.07) is 4.71. The molecule has 1 saturated heterocycles. The molecule has 1 aliphatic rings. The van der Waals surface area contributed by atoms with Crippen LogP contribution >= 0.6 is 12.4 Å². The van der Waals surface area contributed by atoms with Gasteiger partial charge in [0, 0.05) is 30.3 Å². The molecule has 0 saturated carbocycles. The van der Waals surface area contributed by atoms with E-state index in [1.54, 1.807) is 13.2 Å². The number of carbonyl (C=O) groups is 1. The second-order valence-electron chi connectivity index (χ2n) is 5.82. The molecular formula is C17H26ClFN2O3. The van der Waals surface area contributed by atoms with Crippen LogP contribution in [0.4, 0.5) is 4.39 Å². The Hall–Kier alpha value is -1.21. The normalized spacial score (nSPS) is 20.3. The van der Waals surface area contributed by atoms with Crippen LogP contribution in [-0.4, -0.2) is 44.9 Å². The zero-order valence-electron chi connectivity index (χ0n) is 14.1. The van der Waals surface area contributed by atoms with Gasteiger partial charge in [-0.2, -0.15) is 0 Å². The standard InChI is InChI=1S/C17H25FN2O3.ClH/c1-12-16(4-3-7-19-12)20-17(21)13-5-6-15(18)14(10-13)11-23-9-8-22-2;/h5-6,10,12,16,19H,3-4,7-9,11H2,1-2H3,(H,20,21);1H. The quantitative estimate of drug-likeness (QED) is 0.732. The minimum absolute atomic E-state index is 0. The van der Waals surface area contributed by atoms with Crippen molar-refractivity contribution in [2.45, 2.75) is 38.5 Å². The van der Waals surface area contributed by atoms with Crippen molar-refractivity contribution in [3.8, 4) is 0 Å². The minimum atomic E-state index is -0.369. The highest BCUT2D eigenvalue weighted by Gasteiger charge is 2.23. The lowest BCUT2D eigenvalue weighted by Crippen LogP contribution is -2.51. The van der Waals surface area contributed by atoms with E-state index in [2.05, 4.69) is 17.6 Å². The Morgan fingerprint density at radius 2 is 2.21 bits per heavy atom. The van der Waals surface area contributed by atoms with Gasteiger partial charge in [-0.1, -0.05) is 0 Å². The molecular weight excluding hydrogens is 335 g/mol. The van der Waals surface area contributed by atoms with Crippen LogP contribution in [0.3, 0.4) is 0 Å². The number of halogens is 2. The van der Waals surface area contributed by atoms with Crippen molar-refractivity contribution in [3.05, 3.63) is 35.1 Å². The Balaban J connectivity index is 0.00000288. The van der Waals surface area contributed by atoms with Crippen LogP contribution in [-0.2, 0) is 16.1 Å². The van der Waals surface area contributed by atoms with E-state index in [9.17, 15) is 9.18 Å². The van der Waals surface area contributed by atoms with Crippen LogP contribution in [0.1, 0.15) is 35.7 Å². The van der Waals surface area contributed by atoms with Gasteiger partial charge in [-0.05, 0) is 44.5 Å². The van der Waals surface area contributed by atoms with Gasteiger partial charge in [0.25, 0.3) is 5.91 Å². The molecule has 1 fully saturated rings. The van der Waals surface area contributed by atoms with Crippen molar-refractivity contribution in [2.24, 2.45) is 0 Å². The van der Waals surface area contributed by atoms with E-state index in [1.807, 2.05) is 0 Å². The molecule has 0 bridgehead atoms. The van der Waals surface area contributed by atoms with E-state index < -0.39 is 0 Å². The highest BCUT2D eigenvalue weighted by atomic mass is 35.5. The molecule has 1 amide bonds. The summed E-state index contributed by atoms with van der Waals surface area (Å²) in [6.07, 6.45) is 1.99. The fourth-order valence-corrected chi connectivity index (χ4v) is 2.64. The van der Waals surface area contributed by atoms with Crippen molar-refractivity contribution in [3.63, 3.8) is 0 Å². The van der Waals surface area contributed by atoms with Crippen LogP contribution in [0, 0.1) is 5.82 Å². The summed E-state index contributed by atoms with van der Waals surface area (Å²) < 4.78 is 24.0. The minimum Gasteiger partial charge on any atom is -0.382 e. The number of rotatable bonds is 7. The first-order valence-corrected chi connectivity index (χ1v) is 8.01. The topological polar surface area (TPSA) is 59.6 Å². The first-order chi connectivity index (χ1) is 11.1. The predicted octanol–water partition coefficient (Wildman–Crippen LogP) is 2.28. The molecule has 0 radical (unpaired) electrons. The molecule has 5 nitrogen and oxygen atoms in total. The second-order valence-corrected chi connectivity index (χ2v) is 5.82. The number of ether oxygens (including phenoxy) is 2. The molecule has 0 aromatic heterocycles. The maximum absolute atomic E-state index is 13.8. The summed E-state index contributed by atoms with van der Waals surface area (Å²) in [5.74, 6) is -0.546. The van der Waals surface area contributed by atoms with Crippen molar-refractivity contribution >= 4 is 18.3 Å². The lowest BCUT2D eigenvalue weighted by Gasteiger charge is -2.30. The predicted molar refractivity (Wildman–Crippen MR) is 93.1 cm³/mol. The third-order valence-corrected chi connectivity index (χ3v) is 4.08. The van der Waals surface area contributed by atoms with Crippen molar-refractivity contribution in [1.29, 1.82) is 0 Å². The van der Waals surface area contributed by atoms with Crippen LogP contribution < -0.4 is 10.6 Å². The molecule has 7 heteroatoms. The molecule has 2 N–H and O–H groups in total. The van der Waals surface area contributed by atoms with Crippen LogP contribution in [0.15, 0.2) is 18.2 Å². The Kier molecular flexibility index (Phi) is 9.21. The maximum Gasteiger partial charge on any atom is 0.251 e. The lowest BCUT2D eigenvalue weighted by molar-refractivity contribution is 0.0603. The highest BCUT2D eigenvalue weighted by molar-refractivity contribution is 5.94. The fourth-order valence-electron chi connectivity index (χ4n) is 2.64. The van der Waals surface area contributed by atoms with Crippen molar-refractivity contribution in [1.82, 2.24) is 10.6 Å². The molecule has 1 aliphatic heterocycles. The molecule has 24 heavy (non-hydrogen) atoms. The number of benzene rings is 1. The molecule has 2 rings (SSSR count). The first kappa shape index (κ1) is 20.8. The van der Waals surface area contributed by atoms with Gasteiger partial charge in [-0.3, -0.25) is 4.79 Å². The highest BCUT2D eigenvalue weighted by Crippen LogP contribution is 2.14. The summed E-state index contributed by atoms with van der Waals surface area (Å²) >= 11 is 0. The van der Waals surface area contributed by atoms with E-state index in [0.717, 1.165) is 19.4 Å². The number of nitrogens with one attached hydrogen (secondary N) is 2. The first-order valence-electron chi connectivity index (χ1n) is 8.01. The maximum atomic E-state index is 13.8. The Bertz CT molecular complexity index is 531. The number of hydrogen-bond acceptors (Lipinski definition) is 4. The largest absolute Gasteiger partial charge is 0.382 e. The SMILES string of the molecule is COCCOCc1cc(C(=O)NC2CCCNC2C)ccc1F.Cl. The molecule has 0 spiro atoms. The summed E-state index contributed by atoms with van der Waals surface area (Å²) in [5.41, 5.74) is 0.832. The van der Waals surface area contributed by atoms with Gasteiger partial charge in [-0.15, -0.1) is 12.4 Å². The number of methoxy groups -OCH3 is 1. The van der Waals surface area contributed by atoms with Crippen molar-refractivity contribution in [2.75, 3.05) is 26.9 Å². The monoisotopic (exact) mass is 360 g/mol. The average Bonchev–Trinajstić information content (AvgIpc) is 2.55. The van der Waals surface area contributed by atoms with Gasteiger partial charge in [-0.25, -0.2) is 4.39 Å². The van der Waals surface area contributed by atoms with E-state index in [-0.39, 0.29) is 42.8 Å². The van der Waals surface area contributed by atoms with Gasteiger partial charge in [0.15, 0.2) is 0 Å². The van der Waals surface area contributed by atoms with Gasteiger partial charge >= 0.3 is 0 Å². The second kappa shape index (κ2) is 10.6.